The molecule has 0 atom stereocenters. The van der Waals surface area contributed by atoms with E-state index in [1.807, 2.05) is 4.57 Å². The number of hydrogen-bond acceptors (Lipinski definition) is 2. The summed E-state index contributed by atoms with van der Waals surface area (Å²) >= 11 is 0. The summed E-state index contributed by atoms with van der Waals surface area (Å²) in [6.45, 7) is 4.71. The zero-order valence-corrected chi connectivity index (χ0v) is 9.78. The number of phosphoric acid groups is 1. The van der Waals surface area contributed by atoms with E-state index in [1.165, 1.54) is 0 Å². The van der Waals surface area contributed by atoms with Crippen LogP contribution >= 0.6 is 7.82 Å². The van der Waals surface area contributed by atoms with Crippen molar-refractivity contribution in [1.82, 2.24) is 4.57 Å². The van der Waals surface area contributed by atoms with Crippen LogP contribution in [0.15, 0.2) is 12.3 Å². The van der Waals surface area contributed by atoms with E-state index in [1.54, 1.807) is 19.2 Å². The lowest BCUT2D eigenvalue weighted by Crippen LogP contribution is -1.99. The first-order chi connectivity index (χ1) is 6.94. The molecule has 0 aliphatic rings. The highest BCUT2D eigenvalue weighted by Gasteiger charge is 2.18. The molecule has 15 heavy (non-hydrogen) atoms. The number of aromatic nitrogens is 1. The average Bonchev–Trinajstić information content (AvgIpc) is 2.43. The van der Waals surface area contributed by atoms with Crippen molar-refractivity contribution in [3.8, 4) is 5.75 Å². The zero-order chi connectivity index (χ0) is 11.5. The molecule has 86 valence electrons. The van der Waals surface area contributed by atoms with Crippen LogP contribution in [0.25, 0.3) is 0 Å². The van der Waals surface area contributed by atoms with Crippen molar-refractivity contribution in [2.24, 2.45) is 0 Å². The zero-order valence-electron chi connectivity index (χ0n) is 8.88. The maximum atomic E-state index is 10.6. The topological polar surface area (TPSA) is 71.7 Å². The SMILES string of the molecule is CCCCn1ccc(OP(=O)(O)O)c1C. The van der Waals surface area contributed by atoms with Gasteiger partial charge in [0, 0.05) is 12.7 Å². The second kappa shape index (κ2) is 4.84. The summed E-state index contributed by atoms with van der Waals surface area (Å²) in [6.07, 6.45) is 3.88. The predicted molar refractivity (Wildman–Crippen MR) is 56.7 cm³/mol. The molecule has 0 amide bonds. The van der Waals surface area contributed by atoms with E-state index in [-0.39, 0.29) is 5.75 Å². The maximum Gasteiger partial charge on any atom is 0.524 e. The standard InChI is InChI=1S/C9H16NO4P/c1-3-4-6-10-7-5-9(8(10)2)14-15(11,12)13/h5,7H,3-4,6H2,1-2H3,(H2,11,12,13). The van der Waals surface area contributed by atoms with Crippen LogP contribution in [0, 0.1) is 6.92 Å². The summed E-state index contributed by atoms with van der Waals surface area (Å²) in [4.78, 5) is 17.3. The van der Waals surface area contributed by atoms with Crippen LogP contribution in [0.4, 0.5) is 0 Å². The van der Waals surface area contributed by atoms with E-state index >= 15 is 0 Å². The fourth-order valence-corrected chi connectivity index (χ4v) is 1.78. The summed E-state index contributed by atoms with van der Waals surface area (Å²) in [5.41, 5.74) is 0.742. The van der Waals surface area contributed by atoms with E-state index in [0.717, 1.165) is 25.1 Å². The van der Waals surface area contributed by atoms with E-state index in [2.05, 4.69) is 11.4 Å². The van der Waals surface area contributed by atoms with Crippen LogP contribution in [0.2, 0.25) is 0 Å². The quantitative estimate of drug-likeness (QED) is 0.763. The van der Waals surface area contributed by atoms with Crippen molar-refractivity contribution in [2.45, 2.75) is 33.2 Å². The van der Waals surface area contributed by atoms with Gasteiger partial charge in [0.1, 0.15) is 0 Å². The molecule has 0 unspecified atom stereocenters. The summed E-state index contributed by atoms with van der Waals surface area (Å²) in [6, 6.07) is 1.57. The Bertz CT molecular complexity index is 368. The Hall–Kier alpha value is -0.770. The minimum absolute atomic E-state index is 0.249. The number of hydrogen-bond donors (Lipinski definition) is 2. The van der Waals surface area contributed by atoms with Gasteiger partial charge < -0.3 is 9.09 Å². The molecule has 2 N–H and O–H groups in total. The third-order valence-electron chi connectivity index (χ3n) is 2.16. The van der Waals surface area contributed by atoms with Crippen molar-refractivity contribution in [1.29, 1.82) is 0 Å². The average molecular weight is 233 g/mol. The molecule has 0 saturated heterocycles. The first kappa shape index (κ1) is 12.3. The van der Waals surface area contributed by atoms with Gasteiger partial charge >= 0.3 is 7.82 Å². The molecule has 0 saturated carbocycles. The minimum atomic E-state index is -4.44. The molecule has 0 aliphatic carbocycles. The molecule has 0 bridgehead atoms. The van der Waals surface area contributed by atoms with Gasteiger partial charge in [-0.15, -0.1) is 0 Å². The third kappa shape index (κ3) is 3.70. The highest BCUT2D eigenvalue weighted by Crippen LogP contribution is 2.39. The van der Waals surface area contributed by atoms with E-state index < -0.39 is 7.82 Å². The van der Waals surface area contributed by atoms with Crippen molar-refractivity contribution >= 4 is 7.82 Å². The van der Waals surface area contributed by atoms with Crippen LogP contribution in [-0.4, -0.2) is 14.4 Å². The van der Waals surface area contributed by atoms with E-state index in [4.69, 9.17) is 9.79 Å². The highest BCUT2D eigenvalue weighted by atomic mass is 31.2. The minimum Gasteiger partial charge on any atom is -0.402 e. The molecule has 5 nitrogen and oxygen atoms in total. The highest BCUT2D eigenvalue weighted by molar-refractivity contribution is 7.46. The van der Waals surface area contributed by atoms with E-state index in [9.17, 15) is 4.57 Å². The number of phosphoric ester groups is 1. The molecule has 1 heterocycles. The van der Waals surface area contributed by atoms with Gasteiger partial charge in [0.05, 0.1) is 5.69 Å². The molecule has 0 aliphatic heterocycles. The van der Waals surface area contributed by atoms with Crippen molar-refractivity contribution in [3.05, 3.63) is 18.0 Å². The van der Waals surface area contributed by atoms with Gasteiger partial charge in [0.25, 0.3) is 0 Å². The predicted octanol–water partition coefficient (Wildman–Crippen LogP) is 2.07. The molecule has 0 aromatic carbocycles. The lowest BCUT2D eigenvalue weighted by atomic mass is 10.3. The second-order valence-electron chi connectivity index (χ2n) is 3.39. The van der Waals surface area contributed by atoms with Crippen LogP contribution in [0.1, 0.15) is 25.5 Å². The Labute approximate surface area is 88.9 Å². The Morgan fingerprint density at radius 3 is 2.73 bits per heavy atom. The molecule has 1 rings (SSSR count). The van der Waals surface area contributed by atoms with Crippen LogP contribution < -0.4 is 4.52 Å². The lowest BCUT2D eigenvalue weighted by Gasteiger charge is -2.08. The van der Waals surface area contributed by atoms with Gasteiger partial charge in [-0.1, -0.05) is 13.3 Å². The van der Waals surface area contributed by atoms with Gasteiger partial charge in [-0.3, -0.25) is 9.79 Å². The first-order valence-electron chi connectivity index (χ1n) is 4.85. The molecule has 0 fully saturated rings. The lowest BCUT2D eigenvalue weighted by molar-refractivity contribution is 0.282. The Balaban J connectivity index is 2.75. The fourth-order valence-electron chi connectivity index (χ4n) is 1.33. The third-order valence-corrected chi connectivity index (χ3v) is 2.60. The monoisotopic (exact) mass is 233 g/mol. The van der Waals surface area contributed by atoms with Gasteiger partial charge in [-0.25, -0.2) is 4.57 Å². The largest absolute Gasteiger partial charge is 0.524 e. The summed E-state index contributed by atoms with van der Waals surface area (Å²) in [7, 11) is -4.44. The molecule has 1 aromatic rings. The molecule has 0 radical (unpaired) electrons. The summed E-state index contributed by atoms with van der Waals surface area (Å²) in [5.74, 6) is 0.249. The molecular formula is C9H16NO4P. The van der Waals surface area contributed by atoms with Gasteiger partial charge in [-0.2, -0.15) is 0 Å². The Morgan fingerprint density at radius 1 is 1.53 bits per heavy atom. The van der Waals surface area contributed by atoms with Gasteiger partial charge in [0.15, 0.2) is 5.75 Å². The summed E-state index contributed by atoms with van der Waals surface area (Å²) in [5, 5.41) is 0. The van der Waals surface area contributed by atoms with Crippen molar-refractivity contribution in [2.75, 3.05) is 0 Å². The number of unbranched alkanes of at least 4 members (excludes halogenated alkanes) is 1. The smallest absolute Gasteiger partial charge is 0.402 e. The fraction of sp³-hybridized carbons (Fsp3) is 0.556. The van der Waals surface area contributed by atoms with Crippen LogP contribution in [-0.2, 0) is 11.1 Å². The number of nitrogens with zero attached hydrogens (tertiary/aromatic N) is 1. The molecule has 6 heteroatoms. The van der Waals surface area contributed by atoms with E-state index in [0.29, 0.717) is 0 Å². The van der Waals surface area contributed by atoms with Gasteiger partial charge in [-0.05, 0) is 19.4 Å². The van der Waals surface area contributed by atoms with Gasteiger partial charge in [0.2, 0.25) is 0 Å². The summed E-state index contributed by atoms with van der Waals surface area (Å²) < 4.78 is 17.1. The van der Waals surface area contributed by atoms with Crippen molar-refractivity contribution < 1.29 is 18.9 Å². The molecule has 1 aromatic heterocycles. The second-order valence-corrected chi connectivity index (χ2v) is 4.56. The van der Waals surface area contributed by atoms with Crippen LogP contribution in [0.5, 0.6) is 5.75 Å². The number of aryl methyl sites for hydroxylation is 1. The Kier molecular flexibility index (Phi) is 3.97. The molecular weight excluding hydrogens is 217 g/mol. The van der Waals surface area contributed by atoms with Crippen molar-refractivity contribution in [3.63, 3.8) is 0 Å². The molecule has 0 spiro atoms. The first-order valence-corrected chi connectivity index (χ1v) is 6.38. The maximum absolute atomic E-state index is 10.6. The number of rotatable bonds is 5. The normalized spacial score (nSPS) is 11.7. The Morgan fingerprint density at radius 2 is 2.20 bits per heavy atom. The van der Waals surface area contributed by atoms with Crippen LogP contribution in [0.3, 0.4) is 0 Å².